The van der Waals surface area contributed by atoms with E-state index >= 15 is 0 Å². The Morgan fingerprint density at radius 3 is 2.19 bits per heavy atom. The first kappa shape index (κ1) is 17.2. The van der Waals surface area contributed by atoms with Crippen molar-refractivity contribution >= 4 is 11.6 Å². The van der Waals surface area contributed by atoms with Crippen LogP contribution in [0, 0.1) is 11.6 Å². The molecule has 1 amide bonds. The van der Waals surface area contributed by atoms with Gasteiger partial charge in [-0.1, -0.05) is 6.92 Å². The van der Waals surface area contributed by atoms with E-state index in [4.69, 9.17) is 0 Å². The minimum atomic E-state index is -4.58. The molecule has 1 N–H and O–H groups in total. The van der Waals surface area contributed by atoms with E-state index in [1.165, 1.54) is 0 Å². The van der Waals surface area contributed by atoms with Gasteiger partial charge in [-0.05, 0) is 18.6 Å². The Labute approximate surface area is 118 Å². The van der Waals surface area contributed by atoms with Gasteiger partial charge in [-0.15, -0.1) is 0 Å². The molecule has 0 saturated carbocycles. The first-order chi connectivity index (χ1) is 9.65. The summed E-state index contributed by atoms with van der Waals surface area (Å²) < 4.78 is 64.0. The van der Waals surface area contributed by atoms with Crippen LogP contribution in [0.25, 0.3) is 0 Å². The van der Waals surface area contributed by atoms with E-state index in [1.54, 1.807) is 6.92 Å². The Hall–Kier alpha value is -1.86. The number of halogens is 5. The van der Waals surface area contributed by atoms with E-state index < -0.39 is 41.5 Å². The number of carbonyl (C=O) groups excluding carboxylic acids is 1. The maximum atomic E-state index is 13.7. The van der Waals surface area contributed by atoms with Gasteiger partial charge in [0.2, 0.25) is 0 Å². The molecule has 0 saturated heterocycles. The van der Waals surface area contributed by atoms with Crippen LogP contribution in [0.15, 0.2) is 12.1 Å². The average Bonchev–Trinajstić information content (AvgIpc) is 2.34. The zero-order chi connectivity index (χ0) is 16.2. The van der Waals surface area contributed by atoms with Gasteiger partial charge in [0.05, 0.1) is 0 Å². The third-order valence-electron chi connectivity index (χ3n) is 2.60. The van der Waals surface area contributed by atoms with E-state index in [-0.39, 0.29) is 0 Å². The molecule has 3 nitrogen and oxygen atoms in total. The lowest BCUT2D eigenvalue weighted by molar-refractivity contribution is -0.138. The highest BCUT2D eigenvalue weighted by Crippen LogP contribution is 2.23. The number of nitrogens with zero attached hydrogens (tertiary/aromatic N) is 1. The zero-order valence-corrected chi connectivity index (χ0v) is 11.5. The molecule has 0 bridgehead atoms. The Morgan fingerprint density at radius 2 is 1.76 bits per heavy atom. The van der Waals surface area contributed by atoms with Crippen molar-refractivity contribution in [3.63, 3.8) is 0 Å². The first-order valence-electron chi connectivity index (χ1n) is 6.20. The fourth-order valence-corrected chi connectivity index (χ4v) is 1.68. The molecular weight excluding hydrogens is 295 g/mol. The van der Waals surface area contributed by atoms with Crippen LogP contribution in [-0.2, 0) is 0 Å². The summed E-state index contributed by atoms with van der Waals surface area (Å²) in [6.07, 6.45) is -3.95. The molecule has 0 fully saturated rings. The van der Waals surface area contributed by atoms with E-state index in [0.29, 0.717) is 17.9 Å². The quantitative estimate of drug-likeness (QED) is 0.845. The van der Waals surface area contributed by atoms with E-state index in [9.17, 15) is 26.7 Å². The molecule has 0 aliphatic rings. The second kappa shape index (κ2) is 6.73. The fraction of sp³-hybridized carbons (Fsp3) is 0.462. The fourth-order valence-electron chi connectivity index (χ4n) is 1.68. The van der Waals surface area contributed by atoms with Gasteiger partial charge < -0.3 is 10.2 Å². The average molecular weight is 310 g/mol. The first-order valence-corrected chi connectivity index (χ1v) is 6.20. The molecule has 118 valence electrons. The molecule has 1 aromatic carbocycles. The monoisotopic (exact) mass is 310 g/mol. The second-order valence-corrected chi connectivity index (χ2v) is 4.52. The molecule has 21 heavy (non-hydrogen) atoms. The van der Waals surface area contributed by atoms with Crippen molar-refractivity contribution in [2.45, 2.75) is 19.5 Å². The summed E-state index contributed by atoms with van der Waals surface area (Å²) in [6, 6.07) is 1.44. The van der Waals surface area contributed by atoms with Crippen molar-refractivity contribution < 1.29 is 26.7 Å². The molecule has 0 atom stereocenters. The maximum absolute atomic E-state index is 13.7. The summed E-state index contributed by atoms with van der Waals surface area (Å²) >= 11 is 0. The number of benzene rings is 1. The highest BCUT2D eigenvalue weighted by molar-refractivity contribution is 5.94. The largest absolute Gasteiger partial charge is 0.406 e. The van der Waals surface area contributed by atoms with Crippen LogP contribution in [0.2, 0.25) is 0 Å². The number of anilines is 1. The molecule has 0 aliphatic heterocycles. The second-order valence-electron chi connectivity index (χ2n) is 4.52. The Kier molecular flexibility index (Phi) is 5.51. The smallest absolute Gasteiger partial charge is 0.380 e. The predicted octanol–water partition coefficient (Wildman–Crippen LogP) is 3.42. The predicted molar refractivity (Wildman–Crippen MR) is 68.2 cm³/mol. The molecule has 8 heteroatoms. The summed E-state index contributed by atoms with van der Waals surface area (Å²) in [5.74, 6) is -3.15. The number of hydrogen-bond acceptors (Lipinski definition) is 2. The molecule has 0 heterocycles. The standard InChI is InChI=1S/C13H15F5N2O/c1-3-4-19-11-9(14)5-8(6-10(11)15)12(21)20(2)7-13(16,17)18/h5-6,19H,3-4,7H2,1-2H3. The maximum Gasteiger partial charge on any atom is 0.406 e. The Morgan fingerprint density at radius 1 is 1.24 bits per heavy atom. The van der Waals surface area contributed by atoms with Crippen LogP contribution in [0.4, 0.5) is 27.6 Å². The molecule has 0 aromatic heterocycles. The summed E-state index contributed by atoms with van der Waals surface area (Å²) in [6.45, 7) is 0.632. The van der Waals surface area contributed by atoms with E-state index in [0.717, 1.165) is 19.2 Å². The lowest BCUT2D eigenvalue weighted by atomic mass is 10.1. The number of carbonyl (C=O) groups is 1. The third-order valence-corrected chi connectivity index (χ3v) is 2.60. The van der Waals surface area contributed by atoms with Gasteiger partial charge in [-0.2, -0.15) is 13.2 Å². The van der Waals surface area contributed by atoms with Crippen molar-refractivity contribution in [1.82, 2.24) is 4.90 Å². The summed E-state index contributed by atoms with van der Waals surface area (Å²) in [4.78, 5) is 12.1. The van der Waals surface area contributed by atoms with Crippen molar-refractivity contribution in [3.8, 4) is 0 Å². The lowest BCUT2D eigenvalue weighted by Gasteiger charge is -2.19. The Bertz CT molecular complexity index is 493. The Balaban J connectivity index is 2.96. The van der Waals surface area contributed by atoms with Crippen LogP contribution in [-0.4, -0.2) is 37.1 Å². The van der Waals surface area contributed by atoms with Gasteiger partial charge in [0.1, 0.15) is 23.9 Å². The minimum absolute atomic E-state index is 0.328. The number of hydrogen-bond donors (Lipinski definition) is 1. The van der Waals surface area contributed by atoms with Gasteiger partial charge >= 0.3 is 6.18 Å². The topological polar surface area (TPSA) is 32.3 Å². The number of alkyl halides is 3. The van der Waals surface area contributed by atoms with Gasteiger partial charge in [0.25, 0.3) is 5.91 Å². The van der Waals surface area contributed by atoms with Crippen LogP contribution < -0.4 is 5.32 Å². The van der Waals surface area contributed by atoms with Crippen molar-refractivity contribution in [2.24, 2.45) is 0 Å². The van der Waals surface area contributed by atoms with Crippen LogP contribution in [0.5, 0.6) is 0 Å². The van der Waals surface area contributed by atoms with E-state index in [2.05, 4.69) is 5.32 Å². The van der Waals surface area contributed by atoms with Crippen molar-refractivity contribution in [3.05, 3.63) is 29.3 Å². The van der Waals surface area contributed by atoms with E-state index in [1.807, 2.05) is 0 Å². The lowest BCUT2D eigenvalue weighted by Crippen LogP contribution is -2.35. The minimum Gasteiger partial charge on any atom is -0.380 e. The molecule has 1 rings (SSSR count). The summed E-state index contributed by atoms with van der Waals surface area (Å²) in [5, 5.41) is 2.51. The molecular formula is C13H15F5N2O. The van der Waals surface area contributed by atoms with Crippen molar-refractivity contribution in [2.75, 3.05) is 25.5 Å². The molecule has 0 aliphatic carbocycles. The van der Waals surface area contributed by atoms with Gasteiger partial charge in [-0.3, -0.25) is 4.79 Å². The number of amides is 1. The van der Waals surface area contributed by atoms with Gasteiger partial charge in [-0.25, -0.2) is 8.78 Å². The number of rotatable bonds is 5. The highest BCUT2D eigenvalue weighted by atomic mass is 19.4. The molecule has 0 spiro atoms. The SMILES string of the molecule is CCCNc1c(F)cc(C(=O)N(C)CC(F)(F)F)cc1F. The van der Waals surface area contributed by atoms with Crippen LogP contribution >= 0.6 is 0 Å². The zero-order valence-electron chi connectivity index (χ0n) is 11.5. The molecule has 1 aromatic rings. The summed E-state index contributed by atoms with van der Waals surface area (Å²) in [7, 11) is 0.912. The van der Waals surface area contributed by atoms with Gasteiger partial charge in [0.15, 0.2) is 0 Å². The van der Waals surface area contributed by atoms with Gasteiger partial charge in [0, 0.05) is 19.2 Å². The highest BCUT2D eigenvalue weighted by Gasteiger charge is 2.31. The van der Waals surface area contributed by atoms with Crippen LogP contribution in [0.1, 0.15) is 23.7 Å². The van der Waals surface area contributed by atoms with Crippen LogP contribution in [0.3, 0.4) is 0 Å². The summed E-state index contributed by atoms with van der Waals surface area (Å²) in [5.41, 5.74) is -0.870. The molecule has 0 unspecified atom stereocenters. The number of nitrogens with one attached hydrogen (secondary N) is 1. The molecule has 0 radical (unpaired) electrons. The van der Waals surface area contributed by atoms with Crippen molar-refractivity contribution in [1.29, 1.82) is 0 Å². The normalized spacial score (nSPS) is 11.4. The third kappa shape index (κ3) is 4.87.